The van der Waals surface area contributed by atoms with Crippen LogP contribution in [0, 0.1) is 6.92 Å². The number of benzene rings is 2. The van der Waals surface area contributed by atoms with Crippen LogP contribution in [0.3, 0.4) is 0 Å². The Morgan fingerprint density at radius 2 is 1.81 bits per heavy atom. The second-order valence-corrected chi connectivity index (χ2v) is 9.64. The van der Waals surface area contributed by atoms with E-state index in [1.807, 2.05) is 44.2 Å². The van der Waals surface area contributed by atoms with Gasteiger partial charge in [-0.15, -0.1) is 0 Å². The van der Waals surface area contributed by atoms with Gasteiger partial charge in [0.25, 0.3) is 5.91 Å². The third-order valence-electron chi connectivity index (χ3n) is 5.92. The Labute approximate surface area is 217 Å². The first-order valence-electron chi connectivity index (χ1n) is 12.1. The van der Waals surface area contributed by atoms with Crippen molar-refractivity contribution in [2.24, 2.45) is 0 Å². The summed E-state index contributed by atoms with van der Waals surface area (Å²) in [6, 6.07) is 14.8. The van der Waals surface area contributed by atoms with Crippen LogP contribution in [0.5, 0.6) is 17.4 Å². The number of carbonyl (C=O) groups is 1. The molecule has 1 N–H and O–H groups in total. The average molecular weight is 498 g/mol. The van der Waals surface area contributed by atoms with E-state index in [2.05, 4.69) is 46.0 Å². The molecule has 0 fully saturated rings. The highest BCUT2D eigenvalue weighted by atomic mass is 16.5. The predicted molar refractivity (Wildman–Crippen MR) is 143 cm³/mol. The molecule has 4 rings (SSSR count). The molecule has 2 aromatic heterocycles. The maximum Gasteiger partial charge on any atom is 0.255 e. The van der Waals surface area contributed by atoms with Gasteiger partial charge in [0.2, 0.25) is 5.88 Å². The SMILES string of the molecule is CCc1ncnc(-c2cccnc2Oc2cc(C(=O)Nc3cc(C(C)(C)C)ccc3OC)ccc2C)n1. The minimum Gasteiger partial charge on any atom is -0.495 e. The number of rotatable bonds is 7. The molecular formula is C29H31N5O3. The summed E-state index contributed by atoms with van der Waals surface area (Å²) in [4.78, 5) is 30.6. The minimum atomic E-state index is -0.277. The van der Waals surface area contributed by atoms with E-state index in [-0.39, 0.29) is 11.3 Å². The summed E-state index contributed by atoms with van der Waals surface area (Å²) in [7, 11) is 1.58. The maximum absolute atomic E-state index is 13.3. The van der Waals surface area contributed by atoms with Gasteiger partial charge < -0.3 is 14.8 Å². The molecule has 0 bridgehead atoms. The lowest BCUT2D eigenvalue weighted by molar-refractivity contribution is 0.102. The zero-order chi connectivity index (χ0) is 26.6. The van der Waals surface area contributed by atoms with Crippen LogP contribution in [0.4, 0.5) is 5.69 Å². The summed E-state index contributed by atoms with van der Waals surface area (Å²) in [6.45, 7) is 10.3. The molecule has 0 aliphatic heterocycles. The molecule has 0 spiro atoms. The predicted octanol–water partition coefficient (Wildman–Crippen LogP) is 6.16. The van der Waals surface area contributed by atoms with Crippen molar-refractivity contribution in [1.82, 2.24) is 19.9 Å². The molecule has 2 aromatic carbocycles. The van der Waals surface area contributed by atoms with E-state index in [4.69, 9.17) is 9.47 Å². The zero-order valence-electron chi connectivity index (χ0n) is 22.0. The molecule has 0 saturated heterocycles. The quantitative estimate of drug-likeness (QED) is 0.327. The maximum atomic E-state index is 13.3. The zero-order valence-corrected chi connectivity index (χ0v) is 22.0. The largest absolute Gasteiger partial charge is 0.495 e. The second-order valence-electron chi connectivity index (χ2n) is 9.64. The van der Waals surface area contributed by atoms with Gasteiger partial charge in [0.05, 0.1) is 18.4 Å². The van der Waals surface area contributed by atoms with Crippen LogP contribution in [-0.2, 0) is 11.8 Å². The summed E-state index contributed by atoms with van der Waals surface area (Å²) in [5, 5.41) is 2.99. The molecule has 2 heterocycles. The minimum absolute atomic E-state index is 0.0760. The van der Waals surface area contributed by atoms with E-state index in [0.29, 0.717) is 52.3 Å². The molecule has 8 nitrogen and oxygen atoms in total. The van der Waals surface area contributed by atoms with E-state index in [1.54, 1.807) is 31.5 Å². The number of nitrogens with zero attached hydrogens (tertiary/aromatic N) is 4. The molecule has 0 saturated carbocycles. The molecule has 0 aliphatic rings. The molecule has 0 radical (unpaired) electrons. The van der Waals surface area contributed by atoms with Crippen molar-refractivity contribution in [1.29, 1.82) is 0 Å². The summed E-state index contributed by atoms with van der Waals surface area (Å²) in [5.41, 5.74) is 3.55. The summed E-state index contributed by atoms with van der Waals surface area (Å²) in [6.07, 6.45) is 3.81. The molecule has 190 valence electrons. The highest BCUT2D eigenvalue weighted by Crippen LogP contribution is 2.34. The number of hydrogen-bond donors (Lipinski definition) is 1. The topological polar surface area (TPSA) is 99.1 Å². The van der Waals surface area contributed by atoms with Gasteiger partial charge in [-0.25, -0.2) is 19.9 Å². The Bertz CT molecular complexity index is 1430. The first-order chi connectivity index (χ1) is 17.7. The van der Waals surface area contributed by atoms with Crippen molar-refractivity contribution in [3.63, 3.8) is 0 Å². The monoisotopic (exact) mass is 497 g/mol. The molecule has 0 aliphatic carbocycles. The molecular weight excluding hydrogens is 466 g/mol. The van der Waals surface area contributed by atoms with Crippen molar-refractivity contribution < 1.29 is 14.3 Å². The third kappa shape index (κ3) is 5.91. The number of pyridine rings is 1. The normalized spacial score (nSPS) is 11.2. The summed E-state index contributed by atoms with van der Waals surface area (Å²) < 4.78 is 11.7. The fourth-order valence-corrected chi connectivity index (χ4v) is 3.69. The van der Waals surface area contributed by atoms with E-state index in [9.17, 15) is 4.79 Å². The standard InChI is InChI=1S/C29H31N5O3/c1-7-25-31-17-32-26(34-25)21-9-8-14-30-28(21)37-24-15-19(11-10-18(24)2)27(35)33-22-16-20(29(3,4)5)12-13-23(22)36-6/h8-17H,7H2,1-6H3,(H,33,35). The first kappa shape index (κ1) is 25.8. The molecule has 1 amide bonds. The number of hydrogen-bond acceptors (Lipinski definition) is 7. The number of aryl methyl sites for hydroxylation is 2. The van der Waals surface area contributed by atoms with E-state index in [0.717, 1.165) is 11.1 Å². The Hall–Kier alpha value is -4.33. The number of aromatic nitrogens is 4. The highest BCUT2D eigenvalue weighted by molar-refractivity contribution is 6.05. The fourth-order valence-electron chi connectivity index (χ4n) is 3.69. The van der Waals surface area contributed by atoms with Crippen LogP contribution >= 0.6 is 0 Å². The Kier molecular flexibility index (Phi) is 7.47. The van der Waals surface area contributed by atoms with Crippen molar-refractivity contribution in [3.05, 3.63) is 83.6 Å². The van der Waals surface area contributed by atoms with Crippen molar-refractivity contribution in [3.8, 4) is 28.8 Å². The van der Waals surface area contributed by atoms with E-state index in [1.165, 1.54) is 6.33 Å². The highest BCUT2D eigenvalue weighted by Gasteiger charge is 2.19. The Balaban J connectivity index is 1.63. The van der Waals surface area contributed by atoms with Crippen LogP contribution in [0.2, 0.25) is 0 Å². The van der Waals surface area contributed by atoms with Gasteiger partial charge in [-0.2, -0.15) is 0 Å². The fraction of sp³-hybridized carbons (Fsp3) is 0.276. The van der Waals surface area contributed by atoms with Gasteiger partial charge in [-0.3, -0.25) is 4.79 Å². The lowest BCUT2D eigenvalue weighted by atomic mass is 9.87. The summed E-state index contributed by atoms with van der Waals surface area (Å²) >= 11 is 0. The molecule has 4 aromatic rings. The van der Waals surface area contributed by atoms with Crippen LogP contribution in [-0.4, -0.2) is 33.0 Å². The van der Waals surface area contributed by atoms with Gasteiger partial charge in [0, 0.05) is 18.2 Å². The van der Waals surface area contributed by atoms with Crippen LogP contribution in [0.15, 0.2) is 61.1 Å². The van der Waals surface area contributed by atoms with E-state index < -0.39 is 0 Å². The average Bonchev–Trinajstić information content (AvgIpc) is 2.89. The lowest BCUT2D eigenvalue weighted by Gasteiger charge is -2.21. The van der Waals surface area contributed by atoms with Gasteiger partial charge in [0.15, 0.2) is 5.82 Å². The van der Waals surface area contributed by atoms with Crippen molar-refractivity contribution in [2.75, 3.05) is 12.4 Å². The Morgan fingerprint density at radius 1 is 1.00 bits per heavy atom. The number of methoxy groups -OCH3 is 1. The first-order valence-corrected chi connectivity index (χ1v) is 12.1. The number of amides is 1. The second kappa shape index (κ2) is 10.7. The number of nitrogens with one attached hydrogen (secondary N) is 1. The van der Waals surface area contributed by atoms with Gasteiger partial charge in [-0.05, 0) is 59.9 Å². The van der Waals surface area contributed by atoms with Crippen LogP contribution < -0.4 is 14.8 Å². The summed E-state index contributed by atoms with van der Waals surface area (Å²) in [5.74, 6) is 2.32. The van der Waals surface area contributed by atoms with Gasteiger partial charge in [-0.1, -0.05) is 39.8 Å². The molecule has 37 heavy (non-hydrogen) atoms. The molecule has 0 unspecified atom stereocenters. The third-order valence-corrected chi connectivity index (χ3v) is 5.92. The van der Waals surface area contributed by atoms with Crippen molar-refractivity contribution in [2.45, 2.75) is 46.5 Å². The van der Waals surface area contributed by atoms with E-state index >= 15 is 0 Å². The van der Waals surface area contributed by atoms with Gasteiger partial charge in [0.1, 0.15) is 23.7 Å². The number of anilines is 1. The molecule has 0 atom stereocenters. The smallest absolute Gasteiger partial charge is 0.255 e. The van der Waals surface area contributed by atoms with Crippen LogP contribution in [0.25, 0.3) is 11.4 Å². The van der Waals surface area contributed by atoms with Gasteiger partial charge >= 0.3 is 0 Å². The number of carbonyl (C=O) groups excluding carboxylic acids is 1. The van der Waals surface area contributed by atoms with Crippen LogP contribution in [0.1, 0.15) is 55.0 Å². The van der Waals surface area contributed by atoms with Crippen molar-refractivity contribution >= 4 is 11.6 Å². The molecule has 8 heteroatoms. The number of ether oxygens (including phenoxy) is 2. The Morgan fingerprint density at radius 3 is 2.54 bits per heavy atom. The lowest BCUT2D eigenvalue weighted by Crippen LogP contribution is -2.15.